The largest absolute Gasteiger partial charge is 0.321 e. The molecule has 0 aliphatic heterocycles. The molecular formula is C21H16N4. The summed E-state index contributed by atoms with van der Waals surface area (Å²) in [7, 11) is 0. The highest BCUT2D eigenvalue weighted by atomic mass is 15.2. The molecule has 0 atom stereocenters. The highest BCUT2D eigenvalue weighted by Gasteiger charge is 2.05. The minimum Gasteiger partial charge on any atom is -0.321 e. The number of amidine groups is 1. The molecule has 2 N–H and O–H groups in total. The number of azo groups is 1. The van der Waals surface area contributed by atoms with Gasteiger partial charge in [0.2, 0.25) is 5.84 Å². The Morgan fingerprint density at radius 2 is 1.40 bits per heavy atom. The minimum atomic E-state index is 0.402. The van der Waals surface area contributed by atoms with Crippen LogP contribution in [0.1, 0.15) is 5.56 Å². The fourth-order valence-corrected chi connectivity index (χ4v) is 2.88. The standard InChI is InChI=1S/C21H16N4/c22-23-21(18-13-12-15-6-1-2-8-17(15)14-18)25-24-20-11-5-9-16-7-3-4-10-19(16)20/h1-14H,22H2/b23-21-,25-24?. The molecule has 0 amide bonds. The Morgan fingerprint density at radius 1 is 0.680 bits per heavy atom. The van der Waals surface area contributed by atoms with Crippen LogP contribution in [0.5, 0.6) is 0 Å². The summed E-state index contributed by atoms with van der Waals surface area (Å²) in [5, 5.41) is 16.9. The van der Waals surface area contributed by atoms with E-state index in [0.29, 0.717) is 5.84 Å². The van der Waals surface area contributed by atoms with Gasteiger partial charge in [-0.05, 0) is 28.3 Å². The number of hydrogen-bond acceptors (Lipinski definition) is 3. The maximum absolute atomic E-state index is 5.56. The molecule has 0 bridgehead atoms. The lowest BCUT2D eigenvalue weighted by Crippen LogP contribution is -2.00. The first-order valence-electron chi connectivity index (χ1n) is 8.02. The third kappa shape index (κ3) is 2.97. The molecular weight excluding hydrogens is 308 g/mol. The Labute approximate surface area is 145 Å². The lowest BCUT2D eigenvalue weighted by Gasteiger charge is -2.03. The molecule has 0 aliphatic carbocycles. The first-order valence-corrected chi connectivity index (χ1v) is 8.02. The van der Waals surface area contributed by atoms with E-state index >= 15 is 0 Å². The predicted octanol–water partition coefficient (Wildman–Crippen LogP) is 5.40. The van der Waals surface area contributed by atoms with Crippen LogP contribution in [0.2, 0.25) is 0 Å². The monoisotopic (exact) mass is 324 g/mol. The van der Waals surface area contributed by atoms with Crippen molar-refractivity contribution in [3.8, 4) is 0 Å². The van der Waals surface area contributed by atoms with Gasteiger partial charge in [0.05, 0.1) is 5.69 Å². The van der Waals surface area contributed by atoms with Crippen molar-refractivity contribution in [2.75, 3.05) is 0 Å². The van der Waals surface area contributed by atoms with Crippen molar-refractivity contribution < 1.29 is 0 Å². The van der Waals surface area contributed by atoms with E-state index in [9.17, 15) is 0 Å². The molecule has 0 saturated carbocycles. The van der Waals surface area contributed by atoms with Gasteiger partial charge in [-0.1, -0.05) is 72.8 Å². The number of nitrogens with zero attached hydrogens (tertiary/aromatic N) is 3. The van der Waals surface area contributed by atoms with Gasteiger partial charge in [0.25, 0.3) is 0 Å². The second-order valence-corrected chi connectivity index (χ2v) is 5.71. The van der Waals surface area contributed by atoms with E-state index in [1.165, 1.54) is 0 Å². The van der Waals surface area contributed by atoms with Crippen molar-refractivity contribution in [2.45, 2.75) is 0 Å². The molecule has 120 valence electrons. The second kappa shape index (κ2) is 6.53. The Hall–Kier alpha value is -3.53. The number of rotatable bonds is 2. The van der Waals surface area contributed by atoms with Crippen LogP contribution in [-0.4, -0.2) is 5.84 Å². The van der Waals surface area contributed by atoms with Crippen molar-refractivity contribution in [3.63, 3.8) is 0 Å². The normalized spacial score (nSPS) is 12.2. The number of hydrogen-bond donors (Lipinski definition) is 1. The van der Waals surface area contributed by atoms with E-state index in [0.717, 1.165) is 32.8 Å². The summed E-state index contributed by atoms with van der Waals surface area (Å²) in [4.78, 5) is 0. The van der Waals surface area contributed by atoms with Crippen LogP contribution in [0.15, 0.2) is 100 Å². The van der Waals surface area contributed by atoms with Gasteiger partial charge in [0.1, 0.15) is 0 Å². The molecule has 0 fully saturated rings. The molecule has 0 radical (unpaired) electrons. The zero-order valence-electron chi connectivity index (χ0n) is 13.5. The molecule has 4 heteroatoms. The summed E-state index contributed by atoms with van der Waals surface area (Å²) in [5.74, 6) is 5.96. The predicted molar refractivity (Wildman–Crippen MR) is 103 cm³/mol. The number of nitrogens with two attached hydrogens (primary N) is 1. The smallest absolute Gasteiger partial charge is 0.200 e. The van der Waals surface area contributed by atoms with Gasteiger partial charge in [-0.2, -0.15) is 5.10 Å². The highest BCUT2D eigenvalue weighted by Crippen LogP contribution is 2.26. The average molecular weight is 324 g/mol. The van der Waals surface area contributed by atoms with Crippen LogP contribution in [0.3, 0.4) is 0 Å². The van der Waals surface area contributed by atoms with Crippen molar-refractivity contribution in [3.05, 3.63) is 90.5 Å². The summed E-state index contributed by atoms with van der Waals surface area (Å²) in [6, 6.07) is 28.2. The molecule has 0 unspecified atom stereocenters. The first-order chi connectivity index (χ1) is 12.3. The molecule has 0 spiro atoms. The highest BCUT2D eigenvalue weighted by molar-refractivity contribution is 6.02. The summed E-state index contributed by atoms with van der Waals surface area (Å²) in [5.41, 5.74) is 1.63. The van der Waals surface area contributed by atoms with Gasteiger partial charge in [-0.3, -0.25) is 0 Å². The third-order valence-electron chi connectivity index (χ3n) is 4.15. The number of fused-ring (bicyclic) bond motifs is 2. The Balaban J connectivity index is 1.72. The molecule has 0 aromatic heterocycles. The van der Waals surface area contributed by atoms with Crippen LogP contribution >= 0.6 is 0 Å². The Bertz CT molecular complexity index is 1110. The van der Waals surface area contributed by atoms with Gasteiger partial charge in [0, 0.05) is 10.9 Å². The lowest BCUT2D eigenvalue weighted by molar-refractivity contribution is 1.18. The van der Waals surface area contributed by atoms with E-state index in [-0.39, 0.29) is 0 Å². The van der Waals surface area contributed by atoms with Crippen LogP contribution in [0.25, 0.3) is 21.5 Å². The average Bonchev–Trinajstić information content (AvgIpc) is 2.68. The summed E-state index contributed by atoms with van der Waals surface area (Å²) in [6.45, 7) is 0. The van der Waals surface area contributed by atoms with Crippen LogP contribution in [0.4, 0.5) is 5.69 Å². The molecule has 0 saturated heterocycles. The topological polar surface area (TPSA) is 63.1 Å². The molecule has 4 rings (SSSR count). The zero-order valence-corrected chi connectivity index (χ0v) is 13.5. The fourth-order valence-electron chi connectivity index (χ4n) is 2.88. The number of hydrazone groups is 1. The molecule has 4 nitrogen and oxygen atoms in total. The van der Waals surface area contributed by atoms with E-state index in [4.69, 9.17) is 5.84 Å². The van der Waals surface area contributed by atoms with E-state index in [2.05, 4.69) is 39.6 Å². The van der Waals surface area contributed by atoms with Gasteiger partial charge < -0.3 is 5.84 Å². The Kier molecular flexibility index (Phi) is 3.92. The molecule has 4 aromatic rings. The maximum atomic E-state index is 5.56. The maximum Gasteiger partial charge on any atom is 0.200 e. The van der Waals surface area contributed by atoms with E-state index in [1.54, 1.807) is 0 Å². The van der Waals surface area contributed by atoms with Gasteiger partial charge in [0.15, 0.2) is 0 Å². The first kappa shape index (κ1) is 15.0. The third-order valence-corrected chi connectivity index (χ3v) is 4.15. The van der Waals surface area contributed by atoms with Gasteiger partial charge in [-0.15, -0.1) is 10.2 Å². The fraction of sp³-hybridized carbons (Fsp3) is 0. The van der Waals surface area contributed by atoms with Crippen LogP contribution in [-0.2, 0) is 0 Å². The van der Waals surface area contributed by atoms with Gasteiger partial charge in [-0.25, -0.2) is 0 Å². The van der Waals surface area contributed by atoms with Gasteiger partial charge >= 0.3 is 0 Å². The lowest BCUT2D eigenvalue weighted by atomic mass is 10.1. The SMILES string of the molecule is N/N=C(\N=Nc1cccc2ccccc12)c1ccc2ccccc2c1. The molecule has 25 heavy (non-hydrogen) atoms. The minimum absolute atomic E-state index is 0.402. The molecule has 4 aromatic carbocycles. The summed E-state index contributed by atoms with van der Waals surface area (Å²) < 4.78 is 0. The Morgan fingerprint density at radius 3 is 2.24 bits per heavy atom. The zero-order chi connectivity index (χ0) is 17.1. The van der Waals surface area contributed by atoms with Crippen molar-refractivity contribution in [1.82, 2.24) is 0 Å². The summed E-state index contributed by atoms with van der Waals surface area (Å²) in [6.07, 6.45) is 0. The van der Waals surface area contributed by atoms with Crippen LogP contribution < -0.4 is 5.84 Å². The van der Waals surface area contributed by atoms with Crippen LogP contribution in [0, 0.1) is 0 Å². The summed E-state index contributed by atoms with van der Waals surface area (Å²) >= 11 is 0. The molecule has 0 heterocycles. The van der Waals surface area contributed by atoms with E-state index < -0.39 is 0 Å². The number of benzene rings is 4. The quantitative estimate of drug-likeness (QED) is 0.173. The van der Waals surface area contributed by atoms with E-state index in [1.807, 2.05) is 60.7 Å². The van der Waals surface area contributed by atoms with Crippen molar-refractivity contribution in [1.29, 1.82) is 0 Å². The van der Waals surface area contributed by atoms with Crippen molar-refractivity contribution in [2.24, 2.45) is 21.2 Å². The second-order valence-electron chi connectivity index (χ2n) is 5.71. The van der Waals surface area contributed by atoms with Crippen molar-refractivity contribution >= 4 is 33.1 Å². The molecule has 0 aliphatic rings.